The Morgan fingerprint density at radius 1 is 1.26 bits per heavy atom. The topological polar surface area (TPSA) is 15.3 Å². The molecule has 1 unspecified atom stereocenters. The average molecular weight is 254 g/mol. The van der Waals surface area contributed by atoms with Crippen LogP contribution in [0.25, 0.3) is 0 Å². The van der Waals surface area contributed by atoms with Gasteiger partial charge in [0.05, 0.1) is 6.04 Å². The number of nitrogens with zero attached hydrogens (tertiary/aromatic N) is 1. The van der Waals surface area contributed by atoms with Crippen LogP contribution in [0.2, 0.25) is 0 Å². The molecule has 0 saturated heterocycles. The highest BCUT2D eigenvalue weighted by molar-refractivity contribution is 5.50. The lowest BCUT2D eigenvalue weighted by Crippen LogP contribution is -2.36. The molecule has 2 nitrogen and oxygen atoms in total. The Hall–Kier alpha value is -1.70. The van der Waals surface area contributed by atoms with Crippen molar-refractivity contribution < 1.29 is 0 Å². The second-order valence-electron chi connectivity index (χ2n) is 5.44. The first-order chi connectivity index (χ1) is 9.36. The zero-order valence-electron chi connectivity index (χ0n) is 11.6. The number of fused-ring (bicyclic) bond motifs is 1. The molecule has 0 saturated carbocycles. The number of hydrogen-bond acceptors (Lipinski definition) is 2. The van der Waals surface area contributed by atoms with Crippen LogP contribution in [0, 0.1) is 0 Å². The van der Waals surface area contributed by atoms with E-state index in [2.05, 4.69) is 59.8 Å². The quantitative estimate of drug-likeness (QED) is 0.775. The lowest BCUT2D eigenvalue weighted by molar-refractivity contribution is 0.385. The summed E-state index contributed by atoms with van der Waals surface area (Å²) in [4.78, 5) is 2.43. The molecule has 3 aliphatic rings. The summed E-state index contributed by atoms with van der Waals surface area (Å²) in [7, 11) is 0. The SMILES string of the molecule is CCCCCN1C=CC2=C(C=C3C=CC=CC3N2)C1. The van der Waals surface area contributed by atoms with Crippen molar-refractivity contribution >= 4 is 0 Å². The van der Waals surface area contributed by atoms with Gasteiger partial charge in [-0.05, 0) is 29.7 Å². The molecule has 100 valence electrons. The fraction of sp³-hybridized carbons (Fsp3) is 0.412. The maximum atomic E-state index is 3.60. The molecule has 1 aliphatic carbocycles. The zero-order chi connectivity index (χ0) is 13.1. The van der Waals surface area contributed by atoms with E-state index in [-0.39, 0.29) is 0 Å². The highest BCUT2D eigenvalue weighted by atomic mass is 15.1. The van der Waals surface area contributed by atoms with Crippen molar-refractivity contribution in [3.63, 3.8) is 0 Å². The monoisotopic (exact) mass is 254 g/mol. The first kappa shape index (κ1) is 12.3. The van der Waals surface area contributed by atoms with E-state index in [0.717, 1.165) is 6.54 Å². The summed E-state index contributed by atoms with van der Waals surface area (Å²) < 4.78 is 0. The van der Waals surface area contributed by atoms with Gasteiger partial charge in [0, 0.05) is 25.0 Å². The minimum atomic E-state index is 0.361. The molecule has 1 atom stereocenters. The maximum Gasteiger partial charge on any atom is 0.0701 e. The Kier molecular flexibility index (Phi) is 3.58. The molecule has 2 aliphatic heterocycles. The van der Waals surface area contributed by atoms with Gasteiger partial charge in [-0.15, -0.1) is 0 Å². The lowest BCUT2D eigenvalue weighted by atomic mass is 9.93. The normalized spacial score (nSPS) is 23.9. The minimum absolute atomic E-state index is 0.361. The summed E-state index contributed by atoms with van der Waals surface area (Å²) >= 11 is 0. The van der Waals surface area contributed by atoms with Gasteiger partial charge in [-0.25, -0.2) is 0 Å². The predicted octanol–water partition coefficient (Wildman–Crippen LogP) is 3.28. The Morgan fingerprint density at radius 3 is 3.11 bits per heavy atom. The summed E-state index contributed by atoms with van der Waals surface area (Å²) in [5.41, 5.74) is 4.09. The Bertz CT molecular complexity index is 491. The van der Waals surface area contributed by atoms with Gasteiger partial charge in [-0.1, -0.05) is 44.1 Å². The fourth-order valence-corrected chi connectivity index (χ4v) is 2.82. The van der Waals surface area contributed by atoms with Crippen LogP contribution in [0.3, 0.4) is 0 Å². The highest BCUT2D eigenvalue weighted by Crippen LogP contribution is 2.25. The van der Waals surface area contributed by atoms with Crippen LogP contribution in [0.4, 0.5) is 0 Å². The van der Waals surface area contributed by atoms with Crippen LogP contribution in [0.5, 0.6) is 0 Å². The van der Waals surface area contributed by atoms with Gasteiger partial charge < -0.3 is 10.2 Å². The molecular weight excluding hydrogens is 232 g/mol. The van der Waals surface area contributed by atoms with Crippen LogP contribution in [0.15, 0.2) is 59.5 Å². The zero-order valence-corrected chi connectivity index (χ0v) is 11.6. The number of nitrogens with one attached hydrogen (secondary N) is 1. The third kappa shape index (κ3) is 2.67. The van der Waals surface area contributed by atoms with E-state index in [1.807, 2.05) is 0 Å². The first-order valence-electron chi connectivity index (χ1n) is 7.35. The summed E-state index contributed by atoms with van der Waals surface area (Å²) in [5.74, 6) is 0. The lowest BCUT2D eigenvalue weighted by Gasteiger charge is -2.33. The molecule has 0 amide bonds. The number of hydrogen-bond donors (Lipinski definition) is 1. The van der Waals surface area contributed by atoms with Gasteiger partial charge in [-0.3, -0.25) is 0 Å². The summed E-state index contributed by atoms with van der Waals surface area (Å²) in [6.07, 6.45) is 19.4. The summed E-state index contributed by atoms with van der Waals surface area (Å²) in [6.45, 7) is 4.46. The molecule has 0 bridgehead atoms. The average Bonchev–Trinajstić information content (AvgIpc) is 2.45. The second kappa shape index (κ2) is 5.52. The van der Waals surface area contributed by atoms with E-state index in [1.165, 1.54) is 42.7 Å². The van der Waals surface area contributed by atoms with Gasteiger partial charge in [-0.2, -0.15) is 0 Å². The minimum Gasteiger partial charge on any atom is -0.374 e. The van der Waals surface area contributed by atoms with Gasteiger partial charge >= 0.3 is 0 Å². The van der Waals surface area contributed by atoms with Crippen molar-refractivity contribution in [1.29, 1.82) is 0 Å². The molecule has 0 radical (unpaired) electrons. The summed E-state index contributed by atoms with van der Waals surface area (Å²) in [6, 6.07) is 0.361. The van der Waals surface area contributed by atoms with Crippen molar-refractivity contribution in [3.8, 4) is 0 Å². The Balaban J connectivity index is 1.68. The molecule has 0 spiro atoms. The van der Waals surface area contributed by atoms with Gasteiger partial charge in [0.25, 0.3) is 0 Å². The molecular formula is C17H22N2. The molecule has 0 aromatic heterocycles. The predicted molar refractivity (Wildman–Crippen MR) is 80.6 cm³/mol. The smallest absolute Gasteiger partial charge is 0.0701 e. The van der Waals surface area contributed by atoms with Crippen molar-refractivity contribution in [1.82, 2.24) is 10.2 Å². The van der Waals surface area contributed by atoms with Crippen LogP contribution in [-0.2, 0) is 0 Å². The Morgan fingerprint density at radius 2 is 2.21 bits per heavy atom. The molecule has 2 heteroatoms. The second-order valence-corrected chi connectivity index (χ2v) is 5.44. The molecule has 0 fully saturated rings. The van der Waals surface area contributed by atoms with E-state index in [9.17, 15) is 0 Å². The molecule has 19 heavy (non-hydrogen) atoms. The molecule has 0 aromatic carbocycles. The first-order valence-corrected chi connectivity index (χ1v) is 7.35. The molecule has 2 heterocycles. The fourth-order valence-electron chi connectivity index (χ4n) is 2.82. The van der Waals surface area contributed by atoms with E-state index in [4.69, 9.17) is 0 Å². The van der Waals surface area contributed by atoms with Crippen LogP contribution < -0.4 is 5.32 Å². The van der Waals surface area contributed by atoms with Gasteiger partial charge in [0.15, 0.2) is 0 Å². The largest absolute Gasteiger partial charge is 0.374 e. The van der Waals surface area contributed by atoms with E-state index in [0.29, 0.717) is 6.04 Å². The third-order valence-corrected chi connectivity index (χ3v) is 3.93. The molecule has 3 rings (SSSR count). The van der Waals surface area contributed by atoms with Crippen LogP contribution >= 0.6 is 0 Å². The van der Waals surface area contributed by atoms with Crippen LogP contribution in [-0.4, -0.2) is 24.0 Å². The molecule has 1 N–H and O–H groups in total. The number of rotatable bonds is 4. The third-order valence-electron chi connectivity index (χ3n) is 3.93. The molecule has 0 aromatic rings. The number of unbranched alkanes of at least 4 members (excludes halogenated alkanes) is 2. The van der Waals surface area contributed by atoms with E-state index >= 15 is 0 Å². The van der Waals surface area contributed by atoms with E-state index < -0.39 is 0 Å². The highest BCUT2D eigenvalue weighted by Gasteiger charge is 2.21. The maximum absolute atomic E-state index is 3.60. The van der Waals surface area contributed by atoms with Crippen molar-refractivity contribution in [2.24, 2.45) is 0 Å². The van der Waals surface area contributed by atoms with Crippen molar-refractivity contribution in [2.45, 2.75) is 32.2 Å². The Labute approximate surface area is 115 Å². The van der Waals surface area contributed by atoms with E-state index in [1.54, 1.807) is 0 Å². The number of allylic oxidation sites excluding steroid dienone is 3. The summed E-state index contributed by atoms with van der Waals surface area (Å²) in [5, 5.41) is 3.60. The van der Waals surface area contributed by atoms with Crippen LogP contribution in [0.1, 0.15) is 26.2 Å². The van der Waals surface area contributed by atoms with Gasteiger partial charge in [0.1, 0.15) is 0 Å². The standard InChI is InChI=1S/C17H22N2/c1-2-3-6-10-19-11-9-17-15(13-19)12-14-7-4-5-8-16(14)18-17/h4-5,7-9,11-12,16,18H,2-3,6,10,13H2,1H3. The number of dihydropyridines is 1. The van der Waals surface area contributed by atoms with Gasteiger partial charge in [0.2, 0.25) is 0 Å². The van der Waals surface area contributed by atoms with Crippen molar-refractivity contribution in [3.05, 3.63) is 59.5 Å². The van der Waals surface area contributed by atoms with Crippen molar-refractivity contribution in [2.75, 3.05) is 13.1 Å².